The minimum atomic E-state index is -0.431. The molecule has 6 heteroatoms. The van der Waals surface area contributed by atoms with E-state index in [9.17, 15) is 9.59 Å². The molecule has 1 unspecified atom stereocenters. The van der Waals surface area contributed by atoms with Crippen molar-refractivity contribution in [1.29, 1.82) is 0 Å². The van der Waals surface area contributed by atoms with Gasteiger partial charge in [0.15, 0.2) is 0 Å². The molecule has 0 saturated heterocycles. The first kappa shape index (κ1) is 22.9. The molecule has 3 aromatic carbocycles. The van der Waals surface area contributed by atoms with Gasteiger partial charge in [-0.2, -0.15) is 0 Å². The number of amides is 1. The van der Waals surface area contributed by atoms with E-state index in [0.717, 1.165) is 21.3 Å². The molecule has 5 nitrogen and oxygen atoms in total. The molecule has 4 aromatic rings. The summed E-state index contributed by atoms with van der Waals surface area (Å²) in [6, 6.07) is 20.2. The van der Waals surface area contributed by atoms with Crippen molar-refractivity contribution in [2.75, 3.05) is 6.54 Å². The van der Waals surface area contributed by atoms with Crippen molar-refractivity contribution in [3.8, 4) is 5.69 Å². The molecule has 1 aromatic heterocycles. The zero-order valence-corrected chi connectivity index (χ0v) is 20.8. The quantitative estimate of drug-likeness (QED) is 0.336. The number of nitrogens with zero attached hydrogens (tertiary/aromatic N) is 3. The van der Waals surface area contributed by atoms with Gasteiger partial charge in [0.25, 0.3) is 11.5 Å². The lowest BCUT2D eigenvalue weighted by Gasteiger charge is -2.30. The maximum atomic E-state index is 13.7. The number of carbonyl (C=O) groups excluding carboxylic acids is 1. The van der Waals surface area contributed by atoms with Crippen LogP contribution in [0.4, 0.5) is 0 Å². The first-order chi connectivity index (χ1) is 15.8. The molecule has 0 fully saturated rings. The molecular weight excluding hydrogens is 478 g/mol. The Hall–Kier alpha value is -3.25. The predicted octanol–water partition coefficient (Wildman–Crippen LogP) is 5.99. The molecule has 0 radical (unpaired) electrons. The van der Waals surface area contributed by atoms with Crippen LogP contribution in [-0.4, -0.2) is 26.9 Å². The van der Waals surface area contributed by atoms with Crippen LogP contribution < -0.4 is 5.56 Å². The van der Waals surface area contributed by atoms with Crippen molar-refractivity contribution in [3.05, 3.63) is 104 Å². The Bertz CT molecular complexity index is 1410. The number of para-hydroxylation sites is 1. The van der Waals surface area contributed by atoms with Gasteiger partial charge in [-0.1, -0.05) is 51.8 Å². The van der Waals surface area contributed by atoms with Crippen molar-refractivity contribution in [3.63, 3.8) is 0 Å². The fourth-order valence-electron chi connectivity index (χ4n) is 4.24. The van der Waals surface area contributed by atoms with Crippen LogP contribution in [0.15, 0.2) is 76.0 Å². The van der Waals surface area contributed by atoms with E-state index in [0.29, 0.717) is 28.8 Å². The highest BCUT2D eigenvalue weighted by molar-refractivity contribution is 9.10. The van der Waals surface area contributed by atoms with Crippen molar-refractivity contribution in [2.24, 2.45) is 0 Å². The fourth-order valence-corrected chi connectivity index (χ4v) is 4.64. The molecule has 1 heterocycles. The van der Waals surface area contributed by atoms with Crippen molar-refractivity contribution >= 4 is 32.7 Å². The average Bonchev–Trinajstić information content (AvgIpc) is 2.80. The monoisotopic (exact) mass is 503 g/mol. The summed E-state index contributed by atoms with van der Waals surface area (Å²) in [4.78, 5) is 33.8. The van der Waals surface area contributed by atoms with Crippen LogP contribution >= 0.6 is 15.9 Å². The standard InChI is InChI=1S/C27H26BrN3O2/c1-5-30(26(32)20-9-8-10-21(28)16-20)19(4)25-29-23-12-7-6-11-22(23)27(33)31(25)24-14-13-17(2)15-18(24)3/h6-16,19H,5H2,1-4H3. The molecular formula is C27H26BrN3O2. The largest absolute Gasteiger partial charge is 0.329 e. The Balaban J connectivity index is 1.93. The number of hydrogen-bond acceptors (Lipinski definition) is 3. The number of halogens is 1. The molecule has 1 atom stereocenters. The normalized spacial score (nSPS) is 12.0. The molecule has 0 spiro atoms. The molecule has 33 heavy (non-hydrogen) atoms. The predicted molar refractivity (Wildman–Crippen MR) is 136 cm³/mol. The van der Waals surface area contributed by atoms with Crippen LogP contribution in [0, 0.1) is 13.8 Å². The van der Waals surface area contributed by atoms with E-state index in [1.807, 2.05) is 76.2 Å². The van der Waals surface area contributed by atoms with Crippen molar-refractivity contribution in [1.82, 2.24) is 14.5 Å². The van der Waals surface area contributed by atoms with Gasteiger partial charge in [-0.3, -0.25) is 14.2 Å². The topological polar surface area (TPSA) is 55.2 Å². The SMILES string of the molecule is CCN(C(=O)c1cccc(Br)c1)C(C)c1nc2ccccc2c(=O)n1-c1ccc(C)cc1C. The van der Waals surface area contributed by atoms with E-state index in [1.54, 1.807) is 21.6 Å². The van der Waals surface area contributed by atoms with Crippen LogP contribution in [0.5, 0.6) is 0 Å². The molecule has 0 aliphatic carbocycles. The van der Waals surface area contributed by atoms with Gasteiger partial charge in [-0.05, 0) is 69.7 Å². The second kappa shape index (κ2) is 9.32. The average molecular weight is 504 g/mol. The molecule has 1 amide bonds. The van der Waals surface area contributed by atoms with Crippen LogP contribution in [-0.2, 0) is 0 Å². The number of benzene rings is 3. The highest BCUT2D eigenvalue weighted by Crippen LogP contribution is 2.26. The maximum absolute atomic E-state index is 13.7. The summed E-state index contributed by atoms with van der Waals surface area (Å²) >= 11 is 3.45. The minimum absolute atomic E-state index is 0.110. The van der Waals surface area contributed by atoms with Crippen LogP contribution in [0.1, 0.15) is 47.2 Å². The van der Waals surface area contributed by atoms with Gasteiger partial charge in [0.1, 0.15) is 5.82 Å². The Kier molecular flexibility index (Phi) is 6.47. The lowest BCUT2D eigenvalue weighted by atomic mass is 10.1. The van der Waals surface area contributed by atoms with Gasteiger partial charge in [-0.25, -0.2) is 4.98 Å². The second-order valence-corrected chi connectivity index (χ2v) is 9.11. The number of hydrogen-bond donors (Lipinski definition) is 0. The Morgan fingerprint density at radius 3 is 2.52 bits per heavy atom. The number of rotatable bonds is 5. The molecule has 0 aliphatic heterocycles. The lowest BCUT2D eigenvalue weighted by molar-refractivity contribution is 0.0693. The van der Waals surface area contributed by atoms with Crippen LogP contribution in [0.3, 0.4) is 0 Å². The molecule has 0 aliphatic rings. The van der Waals surface area contributed by atoms with E-state index < -0.39 is 6.04 Å². The second-order valence-electron chi connectivity index (χ2n) is 8.20. The molecule has 0 bridgehead atoms. The first-order valence-electron chi connectivity index (χ1n) is 11.0. The zero-order valence-electron chi connectivity index (χ0n) is 19.2. The van der Waals surface area contributed by atoms with Crippen LogP contribution in [0.25, 0.3) is 16.6 Å². The fraction of sp³-hybridized carbons (Fsp3) is 0.222. The Morgan fingerprint density at radius 1 is 1.06 bits per heavy atom. The van der Waals surface area contributed by atoms with Crippen molar-refractivity contribution in [2.45, 2.75) is 33.7 Å². The summed E-state index contributed by atoms with van der Waals surface area (Å²) in [5.74, 6) is 0.428. The number of aryl methyl sites for hydroxylation is 2. The molecule has 0 saturated carbocycles. The van der Waals surface area contributed by atoms with Gasteiger partial charge >= 0.3 is 0 Å². The lowest BCUT2D eigenvalue weighted by Crippen LogP contribution is -2.37. The summed E-state index contributed by atoms with van der Waals surface area (Å²) in [7, 11) is 0. The third kappa shape index (κ3) is 4.35. The molecule has 0 N–H and O–H groups in total. The van der Waals surface area contributed by atoms with Crippen molar-refractivity contribution < 1.29 is 4.79 Å². The molecule has 168 valence electrons. The minimum Gasteiger partial charge on any atom is -0.329 e. The summed E-state index contributed by atoms with van der Waals surface area (Å²) in [6.45, 7) is 8.35. The first-order valence-corrected chi connectivity index (χ1v) is 11.8. The molecule has 4 rings (SSSR count). The maximum Gasteiger partial charge on any atom is 0.266 e. The van der Waals surface area contributed by atoms with Gasteiger partial charge in [-0.15, -0.1) is 0 Å². The zero-order chi connectivity index (χ0) is 23.7. The highest BCUT2D eigenvalue weighted by atomic mass is 79.9. The summed E-state index contributed by atoms with van der Waals surface area (Å²) in [5, 5.41) is 0.551. The smallest absolute Gasteiger partial charge is 0.266 e. The summed E-state index contributed by atoms with van der Waals surface area (Å²) < 4.78 is 2.51. The Labute approximate surface area is 201 Å². The van der Waals surface area contributed by atoms with Crippen LogP contribution in [0.2, 0.25) is 0 Å². The number of aromatic nitrogens is 2. The third-order valence-electron chi connectivity index (χ3n) is 5.91. The van der Waals surface area contributed by atoms with Gasteiger partial charge in [0.2, 0.25) is 0 Å². The number of carbonyl (C=O) groups is 1. The van der Waals surface area contributed by atoms with E-state index >= 15 is 0 Å². The number of fused-ring (bicyclic) bond motifs is 1. The summed E-state index contributed by atoms with van der Waals surface area (Å²) in [6.07, 6.45) is 0. The van der Waals surface area contributed by atoms with E-state index in [2.05, 4.69) is 22.0 Å². The van der Waals surface area contributed by atoms with E-state index in [4.69, 9.17) is 4.98 Å². The van der Waals surface area contributed by atoms with Gasteiger partial charge < -0.3 is 4.90 Å². The van der Waals surface area contributed by atoms with E-state index in [-0.39, 0.29) is 11.5 Å². The van der Waals surface area contributed by atoms with E-state index in [1.165, 1.54) is 0 Å². The highest BCUT2D eigenvalue weighted by Gasteiger charge is 2.27. The van der Waals surface area contributed by atoms with Gasteiger partial charge in [0.05, 0.1) is 22.6 Å². The van der Waals surface area contributed by atoms with Gasteiger partial charge in [0, 0.05) is 16.6 Å². The third-order valence-corrected chi connectivity index (χ3v) is 6.40. The Morgan fingerprint density at radius 2 is 1.82 bits per heavy atom. The summed E-state index contributed by atoms with van der Waals surface area (Å²) in [5.41, 5.74) is 3.93.